The Balaban J connectivity index is 2.04. The summed E-state index contributed by atoms with van der Waals surface area (Å²) >= 11 is 7.87. The second-order valence-electron chi connectivity index (χ2n) is 4.52. The summed E-state index contributed by atoms with van der Waals surface area (Å²) in [5.74, 6) is -0.0154. The van der Waals surface area contributed by atoms with Gasteiger partial charge >= 0.3 is 0 Å². The van der Waals surface area contributed by atoms with Gasteiger partial charge in [0, 0.05) is 23.2 Å². The summed E-state index contributed by atoms with van der Waals surface area (Å²) in [7, 11) is 0. The molecule has 0 aliphatic rings. The molecule has 1 aromatic heterocycles. The molecule has 2 aromatic rings. The number of anilines is 2. The third-order valence-electron chi connectivity index (χ3n) is 2.93. The maximum absolute atomic E-state index is 11.4. The van der Waals surface area contributed by atoms with Gasteiger partial charge < -0.3 is 10.6 Å². The van der Waals surface area contributed by atoms with E-state index >= 15 is 0 Å². The van der Waals surface area contributed by atoms with Crippen molar-refractivity contribution in [1.82, 2.24) is 4.98 Å². The molecule has 112 valence electrons. The number of benzene rings is 1. The Kier molecular flexibility index (Phi) is 5.59. The van der Waals surface area contributed by atoms with Gasteiger partial charge in [0.25, 0.3) is 0 Å². The number of hydrogen-bond acceptors (Lipinski definition) is 4. The molecule has 0 aliphatic heterocycles. The van der Waals surface area contributed by atoms with Gasteiger partial charge in [-0.05, 0) is 24.6 Å². The maximum Gasteiger partial charge on any atom is 0.224 e. The lowest BCUT2D eigenvalue weighted by atomic mass is 10.2. The number of hydrogen-bond donors (Lipinski definition) is 2. The van der Waals surface area contributed by atoms with E-state index in [1.165, 1.54) is 0 Å². The minimum atomic E-state index is -0.0154. The van der Waals surface area contributed by atoms with E-state index in [0.29, 0.717) is 18.0 Å². The Morgan fingerprint density at radius 2 is 2.19 bits per heavy atom. The fourth-order valence-electron chi connectivity index (χ4n) is 1.76. The molecule has 2 N–H and O–H groups in total. The van der Waals surface area contributed by atoms with Crippen molar-refractivity contribution < 1.29 is 4.79 Å². The van der Waals surface area contributed by atoms with Crippen LogP contribution in [-0.4, -0.2) is 10.9 Å². The summed E-state index contributed by atoms with van der Waals surface area (Å²) in [6.45, 7) is 4.58. The second kappa shape index (κ2) is 7.43. The average molecular weight is 324 g/mol. The monoisotopic (exact) mass is 323 g/mol. The summed E-state index contributed by atoms with van der Waals surface area (Å²) in [6.07, 6.45) is 3.28. The van der Waals surface area contributed by atoms with Crippen LogP contribution in [0.4, 0.5) is 11.4 Å². The molecule has 1 heterocycles. The SMILES string of the molecule is CCC(=O)Nc1ccc(Cl)c(NCc2cnc(CC)s2)c1. The number of nitrogens with one attached hydrogen (secondary N) is 2. The number of carbonyl (C=O) groups is 1. The van der Waals surface area contributed by atoms with Crippen molar-refractivity contribution in [3.63, 3.8) is 0 Å². The number of halogens is 1. The molecule has 21 heavy (non-hydrogen) atoms. The normalized spacial score (nSPS) is 10.4. The van der Waals surface area contributed by atoms with E-state index < -0.39 is 0 Å². The van der Waals surface area contributed by atoms with E-state index in [-0.39, 0.29) is 5.91 Å². The van der Waals surface area contributed by atoms with Crippen LogP contribution in [0.25, 0.3) is 0 Å². The fraction of sp³-hybridized carbons (Fsp3) is 0.333. The second-order valence-corrected chi connectivity index (χ2v) is 6.13. The predicted molar refractivity (Wildman–Crippen MR) is 89.2 cm³/mol. The van der Waals surface area contributed by atoms with Crippen LogP contribution in [-0.2, 0) is 17.8 Å². The van der Waals surface area contributed by atoms with Gasteiger partial charge in [0.2, 0.25) is 5.91 Å². The Morgan fingerprint density at radius 1 is 1.38 bits per heavy atom. The van der Waals surface area contributed by atoms with Gasteiger partial charge in [-0.3, -0.25) is 4.79 Å². The smallest absolute Gasteiger partial charge is 0.224 e. The van der Waals surface area contributed by atoms with Gasteiger partial charge in [-0.1, -0.05) is 25.4 Å². The van der Waals surface area contributed by atoms with Gasteiger partial charge in [-0.25, -0.2) is 4.98 Å². The highest BCUT2D eigenvalue weighted by Crippen LogP contribution is 2.26. The number of amides is 1. The first-order valence-electron chi connectivity index (χ1n) is 6.89. The molecule has 0 aliphatic carbocycles. The minimum Gasteiger partial charge on any atom is -0.379 e. The van der Waals surface area contributed by atoms with Crippen LogP contribution in [0.3, 0.4) is 0 Å². The predicted octanol–water partition coefficient (Wildman–Crippen LogP) is 4.32. The first-order chi connectivity index (χ1) is 10.1. The van der Waals surface area contributed by atoms with Gasteiger partial charge in [-0.2, -0.15) is 0 Å². The molecule has 0 fully saturated rings. The van der Waals surface area contributed by atoms with E-state index in [0.717, 1.165) is 27.7 Å². The number of carbonyl (C=O) groups excluding carboxylic acids is 1. The topological polar surface area (TPSA) is 54.0 Å². The van der Waals surface area contributed by atoms with Crippen molar-refractivity contribution in [1.29, 1.82) is 0 Å². The van der Waals surface area contributed by atoms with Crippen LogP contribution >= 0.6 is 22.9 Å². The molecule has 1 aromatic carbocycles. The number of nitrogens with zero attached hydrogens (tertiary/aromatic N) is 1. The standard InChI is InChI=1S/C15H18ClN3OS/c1-3-14(20)19-10-5-6-12(16)13(7-10)17-8-11-9-18-15(4-2)21-11/h5-7,9,17H,3-4,8H2,1-2H3,(H,19,20). The van der Waals surface area contributed by atoms with Crippen molar-refractivity contribution in [3.8, 4) is 0 Å². The van der Waals surface area contributed by atoms with Gasteiger partial charge in [0.1, 0.15) is 0 Å². The number of aromatic nitrogens is 1. The lowest BCUT2D eigenvalue weighted by Gasteiger charge is -2.10. The summed E-state index contributed by atoms with van der Waals surface area (Å²) in [5.41, 5.74) is 1.55. The molecular formula is C15H18ClN3OS. The lowest BCUT2D eigenvalue weighted by Crippen LogP contribution is -2.09. The zero-order valence-electron chi connectivity index (χ0n) is 12.1. The zero-order valence-corrected chi connectivity index (χ0v) is 13.6. The van der Waals surface area contributed by atoms with Gasteiger partial charge in [-0.15, -0.1) is 11.3 Å². The molecule has 0 unspecified atom stereocenters. The highest BCUT2D eigenvalue weighted by molar-refractivity contribution is 7.11. The van der Waals surface area contributed by atoms with E-state index in [4.69, 9.17) is 11.6 Å². The Hall–Kier alpha value is -1.59. The molecule has 4 nitrogen and oxygen atoms in total. The molecule has 0 atom stereocenters. The molecule has 0 spiro atoms. The molecule has 2 rings (SSSR count). The van der Waals surface area contributed by atoms with Crippen LogP contribution in [0.5, 0.6) is 0 Å². The summed E-state index contributed by atoms with van der Waals surface area (Å²) in [6, 6.07) is 5.42. The molecule has 0 saturated carbocycles. The summed E-state index contributed by atoms with van der Waals surface area (Å²) in [5, 5.41) is 7.86. The Morgan fingerprint density at radius 3 is 2.86 bits per heavy atom. The highest BCUT2D eigenvalue weighted by Gasteiger charge is 2.06. The highest BCUT2D eigenvalue weighted by atomic mass is 35.5. The van der Waals surface area contributed by atoms with Crippen molar-refractivity contribution in [2.45, 2.75) is 33.2 Å². The van der Waals surface area contributed by atoms with Crippen LogP contribution in [0, 0.1) is 0 Å². The van der Waals surface area contributed by atoms with Gasteiger partial charge in [0.15, 0.2) is 0 Å². The maximum atomic E-state index is 11.4. The third-order valence-corrected chi connectivity index (χ3v) is 4.40. The van der Waals surface area contributed by atoms with E-state index in [1.54, 1.807) is 23.5 Å². The van der Waals surface area contributed by atoms with E-state index in [1.807, 2.05) is 19.2 Å². The largest absolute Gasteiger partial charge is 0.379 e. The number of aryl methyl sites for hydroxylation is 1. The van der Waals surface area contributed by atoms with Crippen LogP contribution in [0.1, 0.15) is 30.2 Å². The van der Waals surface area contributed by atoms with Crippen LogP contribution in [0.2, 0.25) is 5.02 Å². The third kappa shape index (κ3) is 4.44. The lowest BCUT2D eigenvalue weighted by molar-refractivity contribution is -0.115. The molecule has 1 amide bonds. The molecule has 0 radical (unpaired) electrons. The number of rotatable bonds is 6. The summed E-state index contributed by atoms with van der Waals surface area (Å²) < 4.78 is 0. The van der Waals surface area contributed by atoms with E-state index in [2.05, 4.69) is 22.5 Å². The molecular weight excluding hydrogens is 306 g/mol. The van der Waals surface area contributed by atoms with Crippen molar-refractivity contribution in [3.05, 3.63) is 39.3 Å². The fourth-order valence-corrected chi connectivity index (χ4v) is 2.75. The first kappa shape index (κ1) is 15.8. The Bertz CT molecular complexity index is 627. The molecule has 0 bridgehead atoms. The quantitative estimate of drug-likeness (QED) is 0.832. The number of thiazole rings is 1. The summed E-state index contributed by atoms with van der Waals surface area (Å²) in [4.78, 5) is 16.9. The van der Waals surface area contributed by atoms with Gasteiger partial charge in [0.05, 0.1) is 22.3 Å². The molecule has 0 saturated heterocycles. The van der Waals surface area contributed by atoms with Crippen LogP contribution < -0.4 is 10.6 Å². The molecule has 6 heteroatoms. The van der Waals surface area contributed by atoms with Crippen LogP contribution in [0.15, 0.2) is 24.4 Å². The van der Waals surface area contributed by atoms with Crippen molar-refractivity contribution >= 4 is 40.2 Å². The van der Waals surface area contributed by atoms with Crippen molar-refractivity contribution in [2.75, 3.05) is 10.6 Å². The first-order valence-corrected chi connectivity index (χ1v) is 8.08. The zero-order chi connectivity index (χ0) is 15.2. The average Bonchev–Trinajstić information content (AvgIpc) is 2.95. The minimum absolute atomic E-state index is 0.0154. The van der Waals surface area contributed by atoms with Crippen molar-refractivity contribution in [2.24, 2.45) is 0 Å². The Labute approximate surface area is 133 Å². The van der Waals surface area contributed by atoms with E-state index in [9.17, 15) is 4.79 Å².